The Balaban J connectivity index is 2.55. The molecule has 0 fully saturated rings. The molecule has 1 aromatic rings. The monoisotopic (exact) mass is 324 g/mol. The third kappa shape index (κ3) is 6.78. The number of aromatic nitrogens is 1. The highest BCUT2D eigenvalue weighted by Crippen LogP contribution is 2.01. The molecule has 1 heterocycles. The smallest absolute Gasteiger partial charge is 0.279 e. The lowest BCUT2D eigenvalue weighted by Gasteiger charge is -2.20. The number of pyridine rings is 1. The van der Waals surface area contributed by atoms with Crippen molar-refractivity contribution in [2.45, 2.75) is 6.42 Å². The molecule has 0 unspecified atom stereocenters. The summed E-state index contributed by atoms with van der Waals surface area (Å²) in [5, 5.41) is 8.61. The summed E-state index contributed by atoms with van der Waals surface area (Å²) in [7, 11) is -2.14. The molecule has 0 atom stereocenters. The van der Waals surface area contributed by atoms with Crippen LogP contribution in [0.15, 0.2) is 30.6 Å². The van der Waals surface area contributed by atoms with Gasteiger partial charge in [0.05, 0.1) is 12.7 Å². The zero-order valence-electron chi connectivity index (χ0n) is 12.5. The Hall–Kier alpha value is -1.79. The molecule has 0 aliphatic carbocycles. The largest absolute Gasteiger partial charge is 0.383 e. The molecule has 8 heteroatoms. The maximum absolute atomic E-state index is 12.2. The highest BCUT2D eigenvalue weighted by atomic mass is 32.2. The fourth-order valence-corrected chi connectivity index (χ4v) is 2.77. The van der Waals surface area contributed by atoms with Crippen LogP contribution in [0.5, 0.6) is 0 Å². The van der Waals surface area contributed by atoms with Crippen molar-refractivity contribution in [2.75, 3.05) is 33.4 Å². The molecule has 0 spiro atoms. The number of hydrogen-bond donors (Lipinski definition) is 1. The van der Waals surface area contributed by atoms with E-state index in [0.29, 0.717) is 0 Å². The van der Waals surface area contributed by atoms with E-state index < -0.39 is 10.2 Å². The molecule has 1 aromatic heterocycles. The van der Waals surface area contributed by atoms with E-state index in [1.165, 1.54) is 11.4 Å². The first-order valence-corrected chi connectivity index (χ1v) is 8.21. The van der Waals surface area contributed by atoms with Gasteiger partial charge < -0.3 is 4.74 Å². The average molecular weight is 324 g/mol. The second kappa shape index (κ2) is 10.0. The Bertz CT molecular complexity index is 596. The maximum Gasteiger partial charge on any atom is 0.279 e. The minimum Gasteiger partial charge on any atom is -0.383 e. The van der Waals surface area contributed by atoms with E-state index in [4.69, 9.17) is 10.00 Å². The summed E-state index contributed by atoms with van der Waals surface area (Å²) in [6.45, 7) is 0.784. The Morgan fingerprint density at radius 1 is 1.50 bits per heavy atom. The van der Waals surface area contributed by atoms with Gasteiger partial charge in [0, 0.05) is 45.6 Å². The molecule has 0 radical (unpaired) electrons. The molecule has 0 aliphatic heterocycles. The van der Waals surface area contributed by atoms with Gasteiger partial charge >= 0.3 is 0 Å². The van der Waals surface area contributed by atoms with Crippen LogP contribution >= 0.6 is 0 Å². The van der Waals surface area contributed by atoms with Crippen molar-refractivity contribution in [1.29, 1.82) is 5.26 Å². The van der Waals surface area contributed by atoms with Crippen LogP contribution < -0.4 is 4.72 Å². The predicted octanol–water partition coefficient (Wildman–Crippen LogP) is 0.791. The average Bonchev–Trinajstić information content (AvgIpc) is 2.52. The number of nitrogens with one attached hydrogen (secondary N) is 1. The van der Waals surface area contributed by atoms with Gasteiger partial charge in [0.15, 0.2) is 0 Å². The van der Waals surface area contributed by atoms with Crippen molar-refractivity contribution in [3.05, 3.63) is 36.2 Å². The number of nitriles is 1. The summed E-state index contributed by atoms with van der Waals surface area (Å²) in [6, 6.07) is 5.61. The van der Waals surface area contributed by atoms with Gasteiger partial charge in [-0.3, -0.25) is 4.98 Å². The zero-order chi connectivity index (χ0) is 16.3. The molecular weight excluding hydrogens is 304 g/mol. The van der Waals surface area contributed by atoms with Gasteiger partial charge in [-0.15, -0.1) is 0 Å². The van der Waals surface area contributed by atoms with E-state index in [9.17, 15) is 8.42 Å². The molecule has 1 N–H and O–H groups in total. The number of hydrogen-bond acceptors (Lipinski definition) is 5. The molecule has 1 rings (SSSR count). The SMILES string of the molecule is COCCN(CCC#N)S(=O)(=O)NCC=Cc1cccnc1. The fraction of sp³-hybridized carbons (Fsp3) is 0.429. The Morgan fingerprint density at radius 3 is 2.95 bits per heavy atom. The summed E-state index contributed by atoms with van der Waals surface area (Å²) < 4.78 is 32.9. The first kappa shape index (κ1) is 18.3. The third-order valence-corrected chi connectivity index (χ3v) is 4.31. The Kier molecular flexibility index (Phi) is 8.32. The van der Waals surface area contributed by atoms with Gasteiger partial charge in [0.1, 0.15) is 0 Å². The van der Waals surface area contributed by atoms with E-state index in [-0.39, 0.29) is 32.7 Å². The van der Waals surface area contributed by atoms with Crippen LogP contribution in [-0.4, -0.2) is 51.1 Å². The molecular formula is C14H20N4O3S. The van der Waals surface area contributed by atoms with Gasteiger partial charge in [0.2, 0.25) is 0 Å². The molecule has 0 aliphatic rings. The van der Waals surface area contributed by atoms with Gasteiger partial charge in [-0.1, -0.05) is 18.2 Å². The highest BCUT2D eigenvalue weighted by molar-refractivity contribution is 7.87. The van der Waals surface area contributed by atoms with Crippen LogP contribution in [0, 0.1) is 11.3 Å². The van der Waals surface area contributed by atoms with E-state index >= 15 is 0 Å². The van der Waals surface area contributed by atoms with Crippen molar-refractivity contribution < 1.29 is 13.2 Å². The second-order valence-corrected chi connectivity index (χ2v) is 6.10. The lowest BCUT2D eigenvalue weighted by molar-refractivity contribution is 0.179. The second-order valence-electron chi connectivity index (χ2n) is 4.34. The summed E-state index contributed by atoms with van der Waals surface area (Å²) in [6.07, 6.45) is 6.97. The summed E-state index contributed by atoms with van der Waals surface area (Å²) in [5.41, 5.74) is 0.891. The van der Waals surface area contributed by atoms with Crippen LogP contribution in [-0.2, 0) is 14.9 Å². The summed E-state index contributed by atoms with van der Waals surface area (Å²) >= 11 is 0. The number of ether oxygens (including phenoxy) is 1. The van der Waals surface area contributed by atoms with Crippen molar-refractivity contribution in [1.82, 2.24) is 14.0 Å². The number of nitrogens with zero attached hydrogens (tertiary/aromatic N) is 3. The quantitative estimate of drug-likeness (QED) is 0.686. The third-order valence-electron chi connectivity index (χ3n) is 2.74. The van der Waals surface area contributed by atoms with Gasteiger partial charge in [-0.25, -0.2) is 0 Å². The topological polar surface area (TPSA) is 95.3 Å². The molecule has 0 amide bonds. The fourth-order valence-electron chi connectivity index (χ4n) is 1.63. The molecule has 120 valence electrons. The summed E-state index contributed by atoms with van der Waals surface area (Å²) in [5.74, 6) is 0. The molecule has 0 aromatic carbocycles. The van der Waals surface area contributed by atoms with E-state index in [1.807, 2.05) is 12.1 Å². The van der Waals surface area contributed by atoms with Crippen LogP contribution in [0.25, 0.3) is 6.08 Å². The first-order valence-electron chi connectivity index (χ1n) is 6.77. The van der Waals surface area contributed by atoms with Crippen LogP contribution in [0.1, 0.15) is 12.0 Å². The van der Waals surface area contributed by atoms with Crippen molar-refractivity contribution in [3.8, 4) is 6.07 Å². The van der Waals surface area contributed by atoms with Crippen molar-refractivity contribution in [2.24, 2.45) is 0 Å². The minimum absolute atomic E-state index is 0.135. The molecule has 7 nitrogen and oxygen atoms in total. The number of methoxy groups -OCH3 is 1. The van der Waals surface area contributed by atoms with E-state index in [2.05, 4.69) is 9.71 Å². The number of rotatable bonds is 10. The predicted molar refractivity (Wildman–Crippen MR) is 83.9 cm³/mol. The van der Waals surface area contributed by atoms with Gasteiger partial charge in [0.25, 0.3) is 10.2 Å². The van der Waals surface area contributed by atoms with Crippen molar-refractivity contribution >= 4 is 16.3 Å². The standard InChI is InChI=1S/C14H20N4O3S/c1-21-12-11-18(10-4-7-15)22(19,20)17-9-3-6-14-5-2-8-16-13-14/h2-3,5-6,8,13,17H,4,9-12H2,1H3. The lowest BCUT2D eigenvalue weighted by atomic mass is 10.3. The first-order chi connectivity index (χ1) is 10.6. The Labute approximate surface area is 131 Å². The minimum atomic E-state index is -3.64. The summed E-state index contributed by atoms with van der Waals surface area (Å²) in [4.78, 5) is 3.97. The van der Waals surface area contributed by atoms with E-state index in [0.717, 1.165) is 5.56 Å². The zero-order valence-corrected chi connectivity index (χ0v) is 13.3. The normalized spacial score (nSPS) is 11.9. The Morgan fingerprint density at radius 2 is 2.32 bits per heavy atom. The van der Waals surface area contributed by atoms with Gasteiger partial charge in [-0.05, 0) is 11.6 Å². The molecule has 0 saturated carbocycles. The van der Waals surface area contributed by atoms with Crippen molar-refractivity contribution in [3.63, 3.8) is 0 Å². The molecule has 0 saturated heterocycles. The maximum atomic E-state index is 12.2. The lowest BCUT2D eigenvalue weighted by Crippen LogP contribution is -2.42. The van der Waals surface area contributed by atoms with Crippen LogP contribution in [0.3, 0.4) is 0 Å². The molecule has 22 heavy (non-hydrogen) atoms. The van der Waals surface area contributed by atoms with Crippen LogP contribution in [0.2, 0.25) is 0 Å². The highest BCUT2D eigenvalue weighted by Gasteiger charge is 2.20. The molecule has 0 bridgehead atoms. The van der Waals surface area contributed by atoms with Gasteiger partial charge in [-0.2, -0.15) is 22.7 Å². The van der Waals surface area contributed by atoms with Crippen LogP contribution in [0.4, 0.5) is 0 Å². The van der Waals surface area contributed by atoms with E-state index in [1.54, 1.807) is 30.6 Å².